The summed E-state index contributed by atoms with van der Waals surface area (Å²) in [6, 6.07) is 15.4. The zero-order valence-electron chi connectivity index (χ0n) is 13.4. The number of aliphatic carboxylic acids is 1. The minimum Gasteiger partial charge on any atom is -0.550 e. The van der Waals surface area contributed by atoms with Crippen molar-refractivity contribution >= 4 is 17.6 Å². The van der Waals surface area contributed by atoms with Gasteiger partial charge in [0.05, 0.1) is 0 Å². The second-order valence-corrected chi connectivity index (χ2v) is 5.46. The fourth-order valence-electron chi connectivity index (χ4n) is 2.26. The van der Waals surface area contributed by atoms with E-state index in [-0.39, 0.29) is 42.1 Å². The number of hydrogen-bond donors (Lipinski definition) is 0. The van der Waals surface area contributed by atoms with Crippen molar-refractivity contribution in [2.75, 3.05) is 0 Å². The molecule has 0 saturated heterocycles. The van der Waals surface area contributed by atoms with Crippen LogP contribution in [-0.2, 0) is 11.2 Å². The SMILES string of the molecule is CCC(Oc1ccc(CCC(=O)[O-])c(Cl)c1)c1ccccc1.[Na+]. The van der Waals surface area contributed by atoms with E-state index in [0.29, 0.717) is 17.2 Å². The van der Waals surface area contributed by atoms with Crippen molar-refractivity contribution in [3.63, 3.8) is 0 Å². The molecule has 0 bridgehead atoms. The summed E-state index contributed by atoms with van der Waals surface area (Å²) in [5.74, 6) is -0.399. The van der Waals surface area contributed by atoms with E-state index in [1.807, 2.05) is 36.4 Å². The number of ether oxygens (including phenoxy) is 1. The summed E-state index contributed by atoms with van der Waals surface area (Å²) in [6.45, 7) is 2.06. The average molecular weight is 341 g/mol. The Bertz CT molecular complexity index is 631. The van der Waals surface area contributed by atoms with Crippen LogP contribution in [-0.4, -0.2) is 5.97 Å². The van der Waals surface area contributed by atoms with Crippen molar-refractivity contribution in [1.82, 2.24) is 0 Å². The summed E-state index contributed by atoms with van der Waals surface area (Å²) in [6.07, 6.45) is 1.12. The Balaban J connectivity index is 0.00000264. The third kappa shape index (κ3) is 6.19. The third-order valence-corrected chi connectivity index (χ3v) is 3.80. The minimum absolute atomic E-state index is 0. The first-order chi connectivity index (χ1) is 10.6. The Morgan fingerprint density at radius 1 is 1.22 bits per heavy atom. The average Bonchev–Trinajstić information content (AvgIpc) is 2.52. The van der Waals surface area contributed by atoms with Crippen molar-refractivity contribution in [1.29, 1.82) is 0 Å². The van der Waals surface area contributed by atoms with Gasteiger partial charge < -0.3 is 14.6 Å². The van der Waals surface area contributed by atoms with Crippen LogP contribution in [0.15, 0.2) is 48.5 Å². The molecule has 116 valence electrons. The molecule has 0 fully saturated rings. The largest absolute Gasteiger partial charge is 1.00 e. The van der Waals surface area contributed by atoms with Crippen molar-refractivity contribution in [2.45, 2.75) is 32.3 Å². The summed E-state index contributed by atoms with van der Waals surface area (Å²) in [7, 11) is 0. The number of rotatable bonds is 7. The third-order valence-electron chi connectivity index (χ3n) is 3.44. The fraction of sp³-hybridized carbons (Fsp3) is 0.278. The predicted molar refractivity (Wildman–Crippen MR) is 84.9 cm³/mol. The van der Waals surface area contributed by atoms with E-state index in [1.54, 1.807) is 12.1 Å². The molecule has 1 unspecified atom stereocenters. The molecule has 0 heterocycles. The second-order valence-electron chi connectivity index (χ2n) is 5.05. The molecule has 2 aromatic carbocycles. The van der Waals surface area contributed by atoms with Crippen LogP contribution in [0.1, 0.15) is 37.0 Å². The van der Waals surface area contributed by atoms with E-state index in [9.17, 15) is 9.90 Å². The summed E-state index contributed by atoms with van der Waals surface area (Å²) in [4.78, 5) is 10.5. The molecule has 0 saturated carbocycles. The van der Waals surface area contributed by atoms with Gasteiger partial charge in [-0.05, 0) is 42.5 Å². The normalized spacial score (nSPS) is 11.4. The van der Waals surface area contributed by atoms with Gasteiger partial charge in [0.2, 0.25) is 0 Å². The number of benzene rings is 2. The molecule has 3 nitrogen and oxygen atoms in total. The van der Waals surface area contributed by atoms with Crippen LogP contribution in [0.2, 0.25) is 5.02 Å². The van der Waals surface area contributed by atoms with E-state index in [0.717, 1.165) is 17.5 Å². The summed E-state index contributed by atoms with van der Waals surface area (Å²) in [5, 5.41) is 11.0. The van der Waals surface area contributed by atoms with Crippen molar-refractivity contribution < 1.29 is 44.2 Å². The Hall–Kier alpha value is -1.000. The number of carbonyl (C=O) groups excluding carboxylic acids is 1. The van der Waals surface area contributed by atoms with Crippen molar-refractivity contribution in [2.24, 2.45) is 0 Å². The van der Waals surface area contributed by atoms with Crippen LogP contribution in [0.3, 0.4) is 0 Å². The summed E-state index contributed by atoms with van der Waals surface area (Å²) >= 11 is 6.19. The first kappa shape index (κ1) is 20.0. The van der Waals surface area contributed by atoms with E-state index in [2.05, 4.69) is 6.92 Å². The Labute approximate surface area is 163 Å². The number of carboxylic acid groups (broad SMARTS) is 1. The first-order valence-corrected chi connectivity index (χ1v) is 7.67. The predicted octanol–water partition coefficient (Wildman–Crippen LogP) is 0.557. The Morgan fingerprint density at radius 2 is 1.91 bits per heavy atom. The van der Waals surface area contributed by atoms with Gasteiger partial charge in [-0.3, -0.25) is 0 Å². The molecule has 5 heteroatoms. The standard InChI is InChI=1S/C18H19ClO3.Na/c1-2-17(14-6-4-3-5-7-14)22-15-10-8-13(16(19)12-15)9-11-18(20)21;/h3-8,10,12,17H,2,9,11H2,1H3,(H,20,21);/q;+1/p-1. The topological polar surface area (TPSA) is 49.4 Å². The summed E-state index contributed by atoms with van der Waals surface area (Å²) in [5.41, 5.74) is 1.90. The molecular formula is C18H18ClNaO3. The fourth-order valence-corrected chi connectivity index (χ4v) is 2.52. The van der Waals surface area contributed by atoms with Gasteiger partial charge in [-0.2, -0.15) is 0 Å². The van der Waals surface area contributed by atoms with E-state index < -0.39 is 5.97 Å². The van der Waals surface area contributed by atoms with Crippen LogP contribution < -0.4 is 39.4 Å². The summed E-state index contributed by atoms with van der Waals surface area (Å²) < 4.78 is 6.00. The van der Waals surface area contributed by atoms with Gasteiger partial charge in [0.15, 0.2) is 0 Å². The second kappa shape index (κ2) is 9.99. The molecule has 0 aromatic heterocycles. The Morgan fingerprint density at radius 3 is 2.48 bits per heavy atom. The van der Waals surface area contributed by atoms with Gasteiger partial charge in [0, 0.05) is 11.0 Å². The molecule has 0 aliphatic carbocycles. The zero-order valence-corrected chi connectivity index (χ0v) is 16.2. The molecule has 0 aliphatic heterocycles. The van der Waals surface area contributed by atoms with E-state index in [4.69, 9.17) is 16.3 Å². The number of halogens is 1. The van der Waals surface area contributed by atoms with Gasteiger partial charge in [-0.1, -0.05) is 54.9 Å². The molecule has 0 radical (unpaired) electrons. The van der Waals surface area contributed by atoms with Crippen molar-refractivity contribution in [3.8, 4) is 5.75 Å². The monoisotopic (exact) mass is 340 g/mol. The number of carbonyl (C=O) groups is 1. The molecule has 0 N–H and O–H groups in total. The van der Waals surface area contributed by atoms with Gasteiger partial charge >= 0.3 is 29.6 Å². The van der Waals surface area contributed by atoms with Crippen LogP contribution in [0.25, 0.3) is 0 Å². The molecule has 23 heavy (non-hydrogen) atoms. The van der Waals surface area contributed by atoms with Gasteiger partial charge in [0.1, 0.15) is 11.9 Å². The quantitative estimate of drug-likeness (QED) is 0.692. The number of carboxylic acids is 1. The van der Waals surface area contributed by atoms with Gasteiger partial charge in [0.25, 0.3) is 0 Å². The van der Waals surface area contributed by atoms with E-state index >= 15 is 0 Å². The van der Waals surface area contributed by atoms with Gasteiger partial charge in [-0.25, -0.2) is 0 Å². The molecule has 2 aromatic rings. The minimum atomic E-state index is -1.08. The Kier molecular flexibility index (Phi) is 8.71. The zero-order chi connectivity index (χ0) is 15.9. The smallest absolute Gasteiger partial charge is 0.550 e. The number of aryl methyl sites for hydroxylation is 1. The maximum absolute atomic E-state index is 10.5. The first-order valence-electron chi connectivity index (χ1n) is 7.30. The molecule has 0 amide bonds. The maximum atomic E-state index is 10.5. The molecule has 1 atom stereocenters. The number of hydrogen-bond acceptors (Lipinski definition) is 3. The van der Waals surface area contributed by atoms with E-state index in [1.165, 1.54) is 0 Å². The van der Waals surface area contributed by atoms with Crippen LogP contribution in [0.5, 0.6) is 5.75 Å². The van der Waals surface area contributed by atoms with Crippen molar-refractivity contribution in [3.05, 3.63) is 64.7 Å². The molecular weight excluding hydrogens is 323 g/mol. The van der Waals surface area contributed by atoms with Gasteiger partial charge in [-0.15, -0.1) is 0 Å². The van der Waals surface area contributed by atoms with Crippen LogP contribution >= 0.6 is 11.6 Å². The molecule has 2 rings (SSSR count). The molecule has 0 aliphatic rings. The van der Waals surface area contributed by atoms with Crippen LogP contribution in [0.4, 0.5) is 0 Å². The van der Waals surface area contributed by atoms with Crippen LogP contribution in [0, 0.1) is 0 Å². The maximum Gasteiger partial charge on any atom is 1.00 e. The molecule has 0 spiro atoms.